The van der Waals surface area contributed by atoms with E-state index in [0.717, 1.165) is 0 Å². The second-order valence-corrected chi connectivity index (χ2v) is 0.771. The molecule has 0 N–H and O–H groups in total. The van der Waals surface area contributed by atoms with Gasteiger partial charge < -0.3 is 4.84 Å². The SMILES string of the molecule is [C]1=NOC#CC#C1. The number of hydrogen-bond donors (Lipinski definition) is 0. The maximum Gasteiger partial charge on any atom is 0.193 e. The average Bonchev–Trinajstić information content (AvgIpc) is 1.90. The fourth-order valence-corrected chi connectivity index (χ4v) is 0.176. The average molecular weight is 90.1 g/mol. The van der Waals surface area contributed by atoms with Crippen molar-refractivity contribution in [2.45, 2.75) is 0 Å². The van der Waals surface area contributed by atoms with Crippen LogP contribution in [0.4, 0.5) is 0 Å². The van der Waals surface area contributed by atoms with Crippen molar-refractivity contribution >= 4 is 6.21 Å². The third-order valence-corrected chi connectivity index (χ3v) is 0.369. The van der Waals surface area contributed by atoms with Gasteiger partial charge in [0.25, 0.3) is 0 Å². The van der Waals surface area contributed by atoms with Gasteiger partial charge in [-0.2, -0.15) is 0 Å². The van der Waals surface area contributed by atoms with Gasteiger partial charge in [0.2, 0.25) is 0 Å². The molecule has 0 aromatic carbocycles. The molecule has 1 heterocycles. The molecule has 0 aliphatic carbocycles. The van der Waals surface area contributed by atoms with Crippen molar-refractivity contribution in [2.24, 2.45) is 5.16 Å². The van der Waals surface area contributed by atoms with Crippen LogP contribution < -0.4 is 0 Å². The Hall–Kier alpha value is -1.41. The van der Waals surface area contributed by atoms with Gasteiger partial charge in [-0.05, 0) is 11.8 Å². The van der Waals surface area contributed by atoms with Crippen molar-refractivity contribution in [3.63, 3.8) is 0 Å². The number of rotatable bonds is 0. The minimum absolute atomic E-state index is 2.19. The molecule has 1 radical (unpaired) electrons. The van der Waals surface area contributed by atoms with Crippen LogP contribution in [0.1, 0.15) is 0 Å². The van der Waals surface area contributed by atoms with Gasteiger partial charge >= 0.3 is 0 Å². The molecule has 2 nitrogen and oxygen atoms in total. The summed E-state index contributed by atoms with van der Waals surface area (Å²) in [5, 5.41) is 3.17. The molecular weight excluding hydrogens is 90.1 g/mol. The van der Waals surface area contributed by atoms with Crippen molar-refractivity contribution in [2.75, 3.05) is 0 Å². The Labute approximate surface area is 41.2 Å². The van der Waals surface area contributed by atoms with E-state index in [0.29, 0.717) is 0 Å². The summed E-state index contributed by atoms with van der Waals surface area (Å²) in [5.41, 5.74) is 0. The normalized spacial score (nSPS) is 11.4. The van der Waals surface area contributed by atoms with Crippen LogP contribution in [-0.4, -0.2) is 6.21 Å². The molecule has 1 aliphatic heterocycles. The van der Waals surface area contributed by atoms with Crippen LogP contribution in [0.5, 0.6) is 0 Å². The first kappa shape index (κ1) is 3.77. The zero-order chi connectivity index (χ0) is 4.95. The fraction of sp³-hybridized carbons (Fsp3) is 0. The second-order valence-electron chi connectivity index (χ2n) is 0.771. The summed E-state index contributed by atoms with van der Waals surface area (Å²) < 4.78 is 0. The maximum atomic E-state index is 4.22. The summed E-state index contributed by atoms with van der Waals surface area (Å²) in [6.07, 6.45) is 4.46. The molecule has 0 bridgehead atoms. The van der Waals surface area contributed by atoms with Crippen molar-refractivity contribution in [3.05, 3.63) is 0 Å². The summed E-state index contributed by atoms with van der Waals surface area (Å²) in [6.45, 7) is 0. The van der Waals surface area contributed by atoms with Crippen LogP contribution in [0.15, 0.2) is 5.16 Å². The highest BCUT2D eigenvalue weighted by Gasteiger charge is 1.69. The third-order valence-electron chi connectivity index (χ3n) is 0.369. The molecule has 31 valence electrons. The van der Waals surface area contributed by atoms with Crippen LogP contribution >= 0.6 is 0 Å². The van der Waals surface area contributed by atoms with Crippen molar-refractivity contribution in [3.8, 4) is 23.9 Å². The van der Waals surface area contributed by atoms with Gasteiger partial charge in [0.05, 0.1) is 0 Å². The van der Waals surface area contributed by atoms with Gasteiger partial charge in [0.15, 0.2) is 12.3 Å². The van der Waals surface area contributed by atoms with Crippen LogP contribution in [0, 0.1) is 23.9 Å². The van der Waals surface area contributed by atoms with Gasteiger partial charge in [-0.3, -0.25) is 0 Å². The van der Waals surface area contributed by atoms with Crippen molar-refractivity contribution < 1.29 is 4.84 Å². The molecule has 0 atom stereocenters. The van der Waals surface area contributed by atoms with Gasteiger partial charge in [-0.15, -0.1) is 0 Å². The summed E-state index contributed by atoms with van der Waals surface area (Å²) in [4.78, 5) is 4.22. The van der Waals surface area contributed by atoms with E-state index in [2.05, 4.69) is 40.1 Å². The van der Waals surface area contributed by atoms with E-state index in [9.17, 15) is 0 Å². The molecule has 0 spiro atoms. The van der Waals surface area contributed by atoms with Gasteiger partial charge in [-0.1, -0.05) is 5.16 Å². The quantitative estimate of drug-likeness (QED) is 0.379. The molecule has 0 amide bonds. The molecule has 1 rings (SSSR count). The van der Waals surface area contributed by atoms with Crippen molar-refractivity contribution in [1.29, 1.82) is 0 Å². The third kappa shape index (κ3) is 0.985. The minimum atomic E-state index is 2.19. The summed E-state index contributed by atoms with van der Waals surface area (Å²) in [7, 11) is 0. The molecular formula is C5NO. The van der Waals surface area contributed by atoms with Crippen LogP contribution in [-0.2, 0) is 4.84 Å². The largest absolute Gasteiger partial charge is 0.301 e. The summed E-state index contributed by atoms with van der Waals surface area (Å²) >= 11 is 0. The maximum absolute atomic E-state index is 4.22. The Bertz CT molecular complexity index is 196. The van der Waals surface area contributed by atoms with Crippen LogP contribution in [0.3, 0.4) is 0 Å². The monoisotopic (exact) mass is 90.0 g/mol. The first-order valence-electron chi connectivity index (χ1n) is 1.61. The van der Waals surface area contributed by atoms with Crippen LogP contribution in [0.2, 0.25) is 0 Å². The smallest absolute Gasteiger partial charge is 0.193 e. The lowest BCUT2D eigenvalue weighted by molar-refractivity contribution is 0.302. The lowest BCUT2D eigenvalue weighted by Gasteiger charge is -1.70. The van der Waals surface area contributed by atoms with E-state index in [-0.39, 0.29) is 0 Å². The van der Waals surface area contributed by atoms with E-state index in [1.54, 1.807) is 0 Å². The van der Waals surface area contributed by atoms with Gasteiger partial charge in [-0.25, -0.2) is 0 Å². The molecule has 0 unspecified atom stereocenters. The van der Waals surface area contributed by atoms with E-state index < -0.39 is 0 Å². The van der Waals surface area contributed by atoms with E-state index in [1.807, 2.05) is 0 Å². The predicted octanol–water partition coefficient (Wildman–Crippen LogP) is -0.156. The highest BCUT2D eigenvalue weighted by Crippen LogP contribution is 1.69. The Morgan fingerprint density at radius 3 is 3.14 bits per heavy atom. The number of nitrogens with zero attached hydrogens (tertiary/aromatic N) is 1. The molecule has 7 heavy (non-hydrogen) atoms. The Morgan fingerprint density at radius 2 is 2.14 bits per heavy atom. The lowest BCUT2D eigenvalue weighted by atomic mass is 10.6. The molecule has 0 saturated carbocycles. The standard InChI is InChI=1S/C5NO/c1-2-4-6-7-5-3-1. The molecule has 1 aliphatic rings. The molecule has 0 fully saturated rings. The molecule has 0 aromatic heterocycles. The predicted molar refractivity (Wildman–Crippen MR) is 24.1 cm³/mol. The minimum Gasteiger partial charge on any atom is -0.301 e. The van der Waals surface area contributed by atoms with E-state index in [1.165, 1.54) is 0 Å². The second kappa shape index (κ2) is 1.89. The highest BCUT2D eigenvalue weighted by atomic mass is 16.6. The Kier molecular flexibility index (Phi) is 1.02. The molecule has 0 aromatic rings. The summed E-state index contributed by atoms with van der Waals surface area (Å²) in [5.74, 6) is 7.15. The van der Waals surface area contributed by atoms with E-state index in [4.69, 9.17) is 0 Å². The zero-order valence-electron chi connectivity index (χ0n) is 3.36. The first-order valence-corrected chi connectivity index (χ1v) is 1.61. The fourth-order valence-electron chi connectivity index (χ4n) is 0.176. The van der Waals surface area contributed by atoms with Crippen molar-refractivity contribution in [1.82, 2.24) is 0 Å². The highest BCUT2D eigenvalue weighted by molar-refractivity contribution is 5.78. The summed E-state index contributed by atoms with van der Waals surface area (Å²) in [6, 6.07) is 0. The van der Waals surface area contributed by atoms with Crippen LogP contribution in [0.25, 0.3) is 0 Å². The lowest BCUT2D eigenvalue weighted by Crippen LogP contribution is -1.64. The number of hydrogen-bond acceptors (Lipinski definition) is 2. The topological polar surface area (TPSA) is 21.6 Å². The zero-order valence-corrected chi connectivity index (χ0v) is 3.36. The first-order chi connectivity index (χ1) is 3.50. The Balaban J connectivity index is 2.77. The molecule has 0 saturated heterocycles. The van der Waals surface area contributed by atoms with Gasteiger partial charge in [0.1, 0.15) is 0 Å². The molecule has 2 heteroatoms. The van der Waals surface area contributed by atoms with Gasteiger partial charge in [0, 0.05) is 5.92 Å². The van der Waals surface area contributed by atoms with E-state index >= 15 is 0 Å². The Morgan fingerprint density at radius 1 is 1.14 bits per heavy atom.